The molecule has 0 radical (unpaired) electrons. The van der Waals surface area contributed by atoms with Crippen LogP contribution >= 0.6 is 0 Å². The van der Waals surface area contributed by atoms with Gasteiger partial charge in [-0.2, -0.15) is 0 Å². The zero-order valence-electron chi connectivity index (χ0n) is 25.5. The number of hydrogen-bond donors (Lipinski definition) is 5. The molecule has 0 saturated heterocycles. The average Bonchev–Trinajstić information content (AvgIpc) is 3.00. The summed E-state index contributed by atoms with van der Waals surface area (Å²) in [5.74, 6) is -3.93. The lowest BCUT2D eigenvalue weighted by Crippen LogP contribution is -2.50. The molecule has 14 heteroatoms. The largest absolute Gasteiger partial charge is 0.550 e. The van der Waals surface area contributed by atoms with Crippen LogP contribution in [0.2, 0.25) is 0 Å². The van der Waals surface area contributed by atoms with E-state index in [9.17, 15) is 34.2 Å². The number of ketones is 2. The van der Waals surface area contributed by atoms with Crippen molar-refractivity contribution in [2.45, 2.75) is 96.3 Å². The Labute approximate surface area is 254 Å². The van der Waals surface area contributed by atoms with E-state index in [1.54, 1.807) is 0 Å². The molecule has 2 aliphatic rings. The third-order valence-electron chi connectivity index (χ3n) is 7.45. The van der Waals surface area contributed by atoms with Crippen LogP contribution in [-0.2, 0) is 33.5 Å². The minimum atomic E-state index is -1.06. The number of aliphatic carboxylic acids is 3. The highest BCUT2D eigenvalue weighted by molar-refractivity contribution is 5.83. The van der Waals surface area contributed by atoms with Gasteiger partial charge in [-0.15, -0.1) is 0 Å². The molecular weight excluding hydrogens is 564 g/mol. The minimum absolute atomic E-state index is 0.00595. The van der Waals surface area contributed by atoms with Crippen LogP contribution in [0.1, 0.15) is 96.3 Å². The standard InChI is InChI=1S/C13H21NO4.C8H12O4.C6H16N2.C2H5NO2/c14-8-11(15)2-1-3-12(16)9-4-6-10(7-5-9)13(17)18;9-7(10)5-1-2-6(4-3-5)8(11)12;7-5-3-1-2-4-6-8;3-1-5-2-4/h9-10H,1-8,14H2,(H,17,18);5-6H,1-4H2,(H,9,10)(H,11,12);1-8H2;2H,1,3H2. The molecule has 2 rings (SSSR count). The van der Waals surface area contributed by atoms with Gasteiger partial charge in [-0.1, -0.05) is 0 Å². The third kappa shape index (κ3) is 23.2. The summed E-state index contributed by atoms with van der Waals surface area (Å²) in [5.41, 5.74) is 17.4. The van der Waals surface area contributed by atoms with Crippen LogP contribution in [0.3, 0.4) is 0 Å². The van der Waals surface area contributed by atoms with E-state index in [4.69, 9.17) is 15.6 Å². The molecule has 0 unspecified atom stereocenters. The summed E-state index contributed by atoms with van der Waals surface area (Å²) >= 11 is 0. The highest BCUT2D eigenvalue weighted by Crippen LogP contribution is 2.30. The Kier molecular flexibility index (Phi) is 27.3. The van der Waals surface area contributed by atoms with Gasteiger partial charge < -0.3 is 46.8 Å². The fraction of sp³-hybridized carbons (Fsp3) is 0.793. The van der Waals surface area contributed by atoms with Crippen LogP contribution < -0.4 is 33.1 Å². The van der Waals surface area contributed by atoms with E-state index in [2.05, 4.69) is 21.9 Å². The van der Waals surface area contributed by atoms with Gasteiger partial charge in [0.15, 0.2) is 0 Å². The molecule has 0 spiro atoms. The summed E-state index contributed by atoms with van der Waals surface area (Å²) in [6.45, 7) is 2.51. The van der Waals surface area contributed by atoms with Crippen molar-refractivity contribution in [1.29, 1.82) is 0 Å². The van der Waals surface area contributed by atoms with Crippen LogP contribution in [0.5, 0.6) is 0 Å². The first-order chi connectivity index (χ1) is 20.5. The average molecular weight is 619 g/mol. The first-order valence-corrected chi connectivity index (χ1v) is 15.2. The zero-order valence-corrected chi connectivity index (χ0v) is 25.5. The predicted octanol–water partition coefficient (Wildman–Crippen LogP) is -2.46. The van der Waals surface area contributed by atoms with Crippen molar-refractivity contribution in [2.24, 2.45) is 35.1 Å². The fourth-order valence-electron chi connectivity index (χ4n) is 4.74. The Morgan fingerprint density at radius 3 is 1.42 bits per heavy atom. The molecule has 2 saturated carbocycles. The summed E-state index contributed by atoms with van der Waals surface area (Å²) in [7, 11) is 0. The monoisotopic (exact) mass is 618 g/mol. The van der Waals surface area contributed by atoms with E-state index in [1.165, 1.54) is 25.7 Å². The first-order valence-electron chi connectivity index (χ1n) is 15.2. The maximum absolute atomic E-state index is 11.9. The normalized spacial score (nSPS) is 20.7. The van der Waals surface area contributed by atoms with E-state index in [1.807, 2.05) is 0 Å². The van der Waals surface area contributed by atoms with Gasteiger partial charge >= 0.3 is 5.97 Å². The van der Waals surface area contributed by atoms with Crippen LogP contribution in [0.15, 0.2) is 0 Å². The lowest BCUT2D eigenvalue weighted by molar-refractivity contribution is -0.371. The van der Waals surface area contributed by atoms with Crippen LogP contribution in [0.25, 0.3) is 0 Å². The Hall–Kier alpha value is -2.94. The lowest BCUT2D eigenvalue weighted by Gasteiger charge is -2.29. The van der Waals surface area contributed by atoms with Crippen molar-refractivity contribution in [3.63, 3.8) is 0 Å². The maximum Gasteiger partial charge on any atom is 0.306 e. The molecule has 2 aliphatic carbocycles. The molecule has 11 N–H and O–H groups in total. The van der Waals surface area contributed by atoms with Crippen LogP contribution in [0.4, 0.5) is 0 Å². The molecule has 0 heterocycles. The number of nitrogens with two attached hydrogens (primary N) is 2. The van der Waals surface area contributed by atoms with Crippen molar-refractivity contribution in [3.8, 4) is 0 Å². The molecule has 0 amide bonds. The van der Waals surface area contributed by atoms with Gasteiger partial charge in [-0.25, -0.2) is 0 Å². The Morgan fingerprint density at radius 2 is 1.12 bits per heavy atom. The van der Waals surface area contributed by atoms with Gasteiger partial charge in [-0.3, -0.25) is 24.9 Å². The molecule has 0 aliphatic heterocycles. The van der Waals surface area contributed by atoms with Crippen molar-refractivity contribution in [2.75, 3.05) is 26.4 Å². The quantitative estimate of drug-likeness (QED) is 0.0684. The van der Waals surface area contributed by atoms with Gasteiger partial charge in [0, 0.05) is 30.7 Å². The third-order valence-corrected chi connectivity index (χ3v) is 7.45. The molecule has 0 aromatic heterocycles. The number of hydrogen-bond acceptors (Lipinski definition) is 11. The minimum Gasteiger partial charge on any atom is -0.550 e. The lowest BCUT2D eigenvalue weighted by atomic mass is 9.79. The van der Waals surface area contributed by atoms with Crippen LogP contribution in [-0.4, -0.2) is 67.4 Å². The molecule has 14 nitrogen and oxygen atoms in total. The van der Waals surface area contributed by atoms with Crippen molar-refractivity contribution in [3.05, 3.63) is 0 Å². The SMILES string of the molecule is NCC(=O)CCCC(=O)C1CCC(C(=O)O)CC1.NCOC=O.O=C([O-])C1CCC(C(=O)[O-])CC1.[NH3+]CCCCCC[NH3+]. The van der Waals surface area contributed by atoms with Crippen molar-refractivity contribution >= 4 is 35.9 Å². The summed E-state index contributed by atoms with van der Waals surface area (Å²) in [6, 6.07) is 0. The highest BCUT2D eigenvalue weighted by atomic mass is 16.5. The van der Waals surface area contributed by atoms with E-state index < -0.39 is 29.7 Å². The predicted molar refractivity (Wildman–Crippen MR) is 152 cm³/mol. The number of Topliss-reactive ketones (excluding diaryl/α,β-unsaturated/α-hetero) is 2. The van der Waals surface area contributed by atoms with Gasteiger partial charge in [0.05, 0.1) is 25.6 Å². The van der Waals surface area contributed by atoms with Gasteiger partial charge in [0.2, 0.25) is 0 Å². The van der Waals surface area contributed by atoms with Crippen LogP contribution in [0, 0.1) is 23.7 Å². The maximum atomic E-state index is 11.9. The van der Waals surface area contributed by atoms with Gasteiger partial charge in [0.25, 0.3) is 6.47 Å². The smallest absolute Gasteiger partial charge is 0.306 e. The topological polar surface area (TPSA) is 285 Å². The molecular formula is C29H54N4O10. The zero-order chi connectivity index (χ0) is 33.0. The number of carbonyl (C=O) groups excluding carboxylic acids is 5. The number of quaternary nitrogens is 2. The van der Waals surface area contributed by atoms with E-state index in [-0.39, 0.29) is 36.7 Å². The number of carboxylic acids is 3. The molecule has 2 fully saturated rings. The molecule has 43 heavy (non-hydrogen) atoms. The Balaban J connectivity index is 0. The second-order valence-corrected chi connectivity index (χ2v) is 10.7. The van der Waals surface area contributed by atoms with Crippen molar-refractivity contribution < 1.29 is 60.3 Å². The van der Waals surface area contributed by atoms with E-state index >= 15 is 0 Å². The first kappa shape index (κ1) is 42.2. The van der Waals surface area contributed by atoms with Gasteiger partial charge in [0.1, 0.15) is 18.3 Å². The molecule has 0 atom stereocenters. The van der Waals surface area contributed by atoms with Crippen molar-refractivity contribution in [1.82, 2.24) is 0 Å². The molecule has 0 bridgehead atoms. The fourth-order valence-corrected chi connectivity index (χ4v) is 4.74. The Morgan fingerprint density at radius 1 is 0.698 bits per heavy atom. The number of unbranched alkanes of at least 4 members (excludes halogenated alkanes) is 3. The number of carbonyl (C=O) groups is 6. The molecule has 0 aromatic carbocycles. The summed E-state index contributed by atoms with van der Waals surface area (Å²) in [5, 5.41) is 29.6. The summed E-state index contributed by atoms with van der Waals surface area (Å²) in [4.78, 5) is 63.4. The number of ether oxygens (including phenoxy) is 1. The highest BCUT2D eigenvalue weighted by Gasteiger charge is 2.29. The second kappa shape index (κ2) is 27.9. The van der Waals surface area contributed by atoms with Gasteiger partial charge in [-0.05, 0) is 95.3 Å². The number of carboxylic acid groups (broad SMARTS) is 3. The number of rotatable bonds is 16. The Bertz CT molecular complexity index is 768. The molecule has 250 valence electrons. The van der Waals surface area contributed by atoms with E-state index in [0.717, 1.165) is 13.1 Å². The molecule has 0 aromatic rings. The summed E-state index contributed by atoms with van der Waals surface area (Å²) < 4.78 is 3.93. The van der Waals surface area contributed by atoms with E-state index in [0.29, 0.717) is 77.1 Å². The second-order valence-electron chi connectivity index (χ2n) is 10.7. The summed E-state index contributed by atoms with van der Waals surface area (Å²) in [6.07, 6.45) is 10.7.